The van der Waals surface area contributed by atoms with Crippen LogP contribution in [0.4, 0.5) is 10.2 Å². The third kappa shape index (κ3) is 5.56. The Bertz CT molecular complexity index is 1800. The number of rotatable bonds is 9. The topological polar surface area (TPSA) is 48.5 Å². The van der Waals surface area contributed by atoms with E-state index in [2.05, 4.69) is 95.7 Å². The van der Waals surface area contributed by atoms with Crippen molar-refractivity contribution in [2.24, 2.45) is 0 Å². The Hall–Kier alpha value is -4.55. The molecule has 1 aliphatic carbocycles. The van der Waals surface area contributed by atoms with Crippen molar-refractivity contribution >= 4 is 22.6 Å². The molecule has 0 bridgehead atoms. The monoisotopic (exact) mass is 612 g/mol. The number of amides is 1. The summed E-state index contributed by atoms with van der Waals surface area (Å²) in [7, 11) is 0. The van der Waals surface area contributed by atoms with Crippen molar-refractivity contribution in [1.29, 1.82) is 0 Å². The minimum absolute atomic E-state index is 0.00691. The van der Waals surface area contributed by atoms with Crippen LogP contribution in [0.2, 0.25) is 0 Å². The Morgan fingerprint density at radius 3 is 2.13 bits per heavy atom. The lowest BCUT2D eigenvalue weighted by molar-refractivity contribution is -0.125. The first-order valence-corrected chi connectivity index (χ1v) is 16.5. The van der Waals surface area contributed by atoms with Gasteiger partial charge in [-0.15, -0.1) is 0 Å². The molecule has 1 amide bonds. The lowest BCUT2D eigenvalue weighted by atomic mass is 9.73. The highest BCUT2D eigenvalue weighted by atomic mass is 19.1. The Morgan fingerprint density at radius 2 is 1.43 bits per heavy atom. The number of halogens is 1. The maximum Gasteiger partial charge on any atom is 0.235 e. The summed E-state index contributed by atoms with van der Waals surface area (Å²) in [4.78, 5) is 24.4. The molecule has 2 atom stereocenters. The number of hydrogen-bond acceptors (Lipinski definition) is 4. The van der Waals surface area contributed by atoms with E-state index in [9.17, 15) is 9.18 Å². The summed E-state index contributed by atoms with van der Waals surface area (Å²) in [6, 6.07) is 36.4. The summed E-state index contributed by atoms with van der Waals surface area (Å²) < 4.78 is 13.5. The molecule has 1 fully saturated rings. The number of pyridine rings is 1. The Balaban J connectivity index is 1.06. The van der Waals surface area contributed by atoms with Crippen LogP contribution in [0.15, 0.2) is 109 Å². The Morgan fingerprint density at radius 1 is 0.804 bits per heavy atom. The van der Waals surface area contributed by atoms with Crippen LogP contribution in [0.25, 0.3) is 22.0 Å². The van der Waals surface area contributed by atoms with E-state index in [1.165, 1.54) is 17.5 Å². The maximum absolute atomic E-state index is 14.4. The summed E-state index contributed by atoms with van der Waals surface area (Å²) in [6.45, 7) is 7.85. The minimum atomic E-state index is -0.773. The molecule has 0 spiro atoms. The molecule has 4 aromatic carbocycles. The zero-order chi connectivity index (χ0) is 31.7. The second-order valence-corrected chi connectivity index (χ2v) is 13.0. The maximum atomic E-state index is 14.4. The molecule has 234 valence electrons. The van der Waals surface area contributed by atoms with Gasteiger partial charge in [0.05, 0.1) is 5.52 Å². The standard InChI is InChI=1S/C40H41FN4O/c1-28-26-44(38-22-19-31-11-3-8-16-37(31)43-38)27-29(2)45(28)24-10-9-23-40(39(46)42-25-30-17-20-32(41)21-18-30)35-14-6-4-12-33(35)34-13-5-7-15-36(34)40/h3-8,11-22,28-29H,9-10,23-27H2,1-2H3,(H,42,46)/t28-,29+. The molecule has 0 saturated carbocycles. The van der Waals surface area contributed by atoms with E-state index >= 15 is 0 Å². The van der Waals surface area contributed by atoms with Crippen LogP contribution in [0, 0.1) is 5.82 Å². The molecule has 1 saturated heterocycles. The SMILES string of the molecule is C[C@@H]1CN(c2ccc3ccccc3n2)C[C@H](C)N1CCCCC1(C(=O)NCc2ccc(F)cc2)c2ccccc2-c2ccccc21. The van der Waals surface area contributed by atoms with Crippen molar-refractivity contribution in [3.8, 4) is 11.1 Å². The first kappa shape index (κ1) is 30.1. The van der Waals surface area contributed by atoms with Crippen molar-refractivity contribution in [2.75, 3.05) is 24.5 Å². The number of anilines is 1. The number of nitrogens with one attached hydrogen (secondary N) is 1. The van der Waals surface area contributed by atoms with E-state index in [0.29, 0.717) is 18.6 Å². The van der Waals surface area contributed by atoms with Gasteiger partial charge in [0.2, 0.25) is 5.91 Å². The van der Waals surface area contributed by atoms with E-state index in [4.69, 9.17) is 4.98 Å². The van der Waals surface area contributed by atoms with Crippen molar-refractivity contribution in [1.82, 2.24) is 15.2 Å². The van der Waals surface area contributed by atoms with Crippen molar-refractivity contribution < 1.29 is 9.18 Å². The fourth-order valence-corrected chi connectivity index (χ4v) is 7.79. The van der Waals surface area contributed by atoms with Crippen LogP contribution in [0.1, 0.15) is 49.8 Å². The first-order chi connectivity index (χ1) is 22.4. The van der Waals surface area contributed by atoms with Crippen LogP contribution < -0.4 is 10.2 Å². The number of benzene rings is 4. The second-order valence-electron chi connectivity index (χ2n) is 13.0. The number of unbranched alkanes of at least 4 members (excludes halogenated alkanes) is 1. The molecule has 1 aliphatic heterocycles. The van der Waals surface area contributed by atoms with Gasteiger partial charge < -0.3 is 10.2 Å². The third-order valence-electron chi connectivity index (χ3n) is 10.0. The summed E-state index contributed by atoms with van der Waals surface area (Å²) in [5, 5.41) is 4.40. The summed E-state index contributed by atoms with van der Waals surface area (Å²) in [5.41, 5.74) is 5.56. The molecule has 1 aromatic heterocycles. The molecular weight excluding hydrogens is 571 g/mol. The van der Waals surface area contributed by atoms with E-state index in [0.717, 1.165) is 78.0 Å². The number of hydrogen-bond donors (Lipinski definition) is 1. The molecule has 0 unspecified atom stereocenters. The molecule has 0 radical (unpaired) electrons. The smallest absolute Gasteiger partial charge is 0.235 e. The number of para-hydroxylation sites is 1. The second kappa shape index (κ2) is 12.7. The minimum Gasteiger partial charge on any atom is -0.353 e. The van der Waals surface area contributed by atoms with Gasteiger partial charge in [-0.25, -0.2) is 9.37 Å². The predicted molar refractivity (Wildman–Crippen MR) is 184 cm³/mol. The zero-order valence-corrected chi connectivity index (χ0v) is 26.6. The van der Waals surface area contributed by atoms with E-state index in [1.54, 1.807) is 12.1 Å². The lowest BCUT2D eigenvalue weighted by Crippen LogP contribution is -2.57. The average molecular weight is 613 g/mol. The normalized spacial score (nSPS) is 18.7. The van der Waals surface area contributed by atoms with E-state index < -0.39 is 5.41 Å². The molecule has 6 heteroatoms. The van der Waals surface area contributed by atoms with Gasteiger partial charge in [-0.1, -0.05) is 85.3 Å². The molecule has 2 aliphatic rings. The van der Waals surface area contributed by atoms with Gasteiger partial charge in [0.25, 0.3) is 0 Å². The molecule has 46 heavy (non-hydrogen) atoms. The predicted octanol–water partition coefficient (Wildman–Crippen LogP) is 7.73. The molecular formula is C40H41FN4O. The average Bonchev–Trinajstić information content (AvgIpc) is 3.37. The summed E-state index contributed by atoms with van der Waals surface area (Å²) in [5.74, 6) is 0.775. The van der Waals surface area contributed by atoms with Crippen LogP contribution in [0.5, 0.6) is 0 Å². The highest BCUT2D eigenvalue weighted by Crippen LogP contribution is 2.51. The van der Waals surface area contributed by atoms with Crippen LogP contribution in [0.3, 0.4) is 0 Å². The van der Waals surface area contributed by atoms with Gasteiger partial charge in [0, 0.05) is 37.1 Å². The fraction of sp³-hybridized carbons (Fsp3) is 0.300. The van der Waals surface area contributed by atoms with Gasteiger partial charge in [-0.05, 0) is 91.4 Å². The van der Waals surface area contributed by atoms with E-state index in [1.807, 2.05) is 18.2 Å². The van der Waals surface area contributed by atoms with Crippen molar-refractivity contribution in [2.45, 2.75) is 57.2 Å². The number of piperazine rings is 1. The molecule has 7 rings (SSSR count). The quantitative estimate of drug-likeness (QED) is 0.173. The Labute approximate surface area is 271 Å². The number of fused-ring (bicyclic) bond motifs is 4. The molecule has 5 nitrogen and oxygen atoms in total. The largest absolute Gasteiger partial charge is 0.353 e. The highest BCUT2D eigenvalue weighted by molar-refractivity contribution is 6.00. The summed E-state index contributed by atoms with van der Waals surface area (Å²) in [6.07, 6.45) is 2.64. The summed E-state index contributed by atoms with van der Waals surface area (Å²) >= 11 is 0. The number of aromatic nitrogens is 1. The highest BCUT2D eigenvalue weighted by Gasteiger charge is 2.48. The fourth-order valence-electron chi connectivity index (χ4n) is 7.79. The van der Waals surface area contributed by atoms with Gasteiger partial charge in [0.15, 0.2) is 0 Å². The van der Waals surface area contributed by atoms with Crippen molar-refractivity contribution in [3.63, 3.8) is 0 Å². The molecule has 2 heterocycles. The third-order valence-corrected chi connectivity index (χ3v) is 10.0. The zero-order valence-electron chi connectivity index (χ0n) is 26.6. The van der Waals surface area contributed by atoms with Gasteiger partial charge >= 0.3 is 0 Å². The van der Waals surface area contributed by atoms with Crippen LogP contribution >= 0.6 is 0 Å². The first-order valence-electron chi connectivity index (χ1n) is 16.5. The number of nitrogens with zero attached hydrogens (tertiary/aromatic N) is 3. The molecule has 1 N–H and O–H groups in total. The van der Waals surface area contributed by atoms with E-state index in [-0.39, 0.29) is 11.7 Å². The molecule has 5 aromatic rings. The van der Waals surface area contributed by atoms with Crippen LogP contribution in [-0.2, 0) is 16.8 Å². The lowest BCUT2D eigenvalue weighted by Gasteiger charge is -2.45. The van der Waals surface area contributed by atoms with Gasteiger partial charge in [-0.3, -0.25) is 9.69 Å². The number of carbonyl (C=O) groups excluding carboxylic acids is 1. The van der Waals surface area contributed by atoms with Gasteiger partial charge in [-0.2, -0.15) is 0 Å². The van der Waals surface area contributed by atoms with Crippen molar-refractivity contribution in [3.05, 3.63) is 132 Å². The van der Waals surface area contributed by atoms with Crippen LogP contribution in [-0.4, -0.2) is 47.5 Å². The van der Waals surface area contributed by atoms with Gasteiger partial charge in [0.1, 0.15) is 17.1 Å². The number of carbonyl (C=O) groups is 1. The Kier molecular flexibility index (Phi) is 8.31.